The average molecular weight is 360 g/mol. The van der Waals surface area contributed by atoms with E-state index in [0.717, 1.165) is 49.1 Å². The Morgan fingerprint density at radius 2 is 1.85 bits per heavy atom. The van der Waals surface area contributed by atoms with Crippen LogP contribution in [-0.2, 0) is 0 Å². The highest BCUT2D eigenvalue weighted by atomic mass is 35.5. The summed E-state index contributed by atoms with van der Waals surface area (Å²) in [6, 6.07) is 6.17. The Labute approximate surface area is 144 Å². The highest BCUT2D eigenvalue weighted by Crippen LogP contribution is 2.33. The Morgan fingerprint density at radius 3 is 2.45 bits per heavy atom. The van der Waals surface area contributed by atoms with Crippen LogP contribution in [0, 0.1) is 0 Å². The maximum absolute atomic E-state index is 6.34. The predicted octanol–water partition coefficient (Wildman–Crippen LogP) is 4.58. The molecule has 0 saturated carbocycles. The highest BCUT2D eigenvalue weighted by Gasteiger charge is 2.23. The van der Waals surface area contributed by atoms with Crippen LogP contribution < -0.4 is 5.32 Å². The van der Waals surface area contributed by atoms with Crippen LogP contribution in [-0.4, -0.2) is 31.1 Å². The number of piperazine rings is 1. The molecule has 0 aromatic heterocycles. The summed E-state index contributed by atoms with van der Waals surface area (Å²) in [7, 11) is 0. The molecule has 1 aromatic carbocycles. The van der Waals surface area contributed by atoms with Crippen molar-refractivity contribution in [3.8, 4) is 0 Å². The number of nitrogens with one attached hydrogen (secondary N) is 1. The Kier molecular flexibility index (Phi) is 10.2. The van der Waals surface area contributed by atoms with Crippen molar-refractivity contribution in [3.63, 3.8) is 0 Å². The summed E-state index contributed by atoms with van der Waals surface area (Å²) < 4.78 is 0. The van der Waals surface area contributed by atoms with Gasteiger partial charge in [-0.1, -0.05) is 36.5 Å². The van der Waals surface area contributed by atoms with Crippen LogP contribution >= 0.6 is 48.0 Å². The van der Waals surface area contributed by atoms with Gasteiger partial charge in [0, 0.05) is 42.3 Å². The van der Waals surface area contributed by atoms with Crippen molar-refractivity contribution in [3.05, 3.63) is 33.8 Å². The van der Waals surface area contributed by atoms with Crippen molar-refractivity contribution in [2.24, 2.45) is 0 Å². The first-order valence-electron chi connectivity index (χ1n) is 6.62. The Bertz CT molecular complexity index is 395. The van der Waals surface area contributed by atoms with Crippen molar-refractivity contribution < 1.29 is 0 Å². The van der Waals surface area contributed by atoms with Gasteiger partial charge in [-0.15, -0.1) is 24.8 Å². The molecule has 1 aromatic rings. The molecule has 0 amide bonds. The van der Waals surface area contributed by atoms with Crippen molar-refractivity contribution in [1.29, 1.82) is 0 Å². The Hall–Kier alpha value is 0.300. The number of hydrogen-bond acceptors (Lipinski definition) is 2. The second kappa shape index (κ2) is 10.1. The molecule has 1 fully saturated rings. The van der Waals surface area contributed by atoms with E-state index in [1.807, 2.05) is 18.2 Å². The monoisotopic (exact) mass is 358 g/mol. The summed E-state index contributed by atoms with van der Waals surface area (Å²) in [6.07, 6.45) is 2.28. The van der Waals surface area contributed by atoms with Crippen LogP contribution in [0.25, 0.3) is 0 Å². The minimum absolute atomic E-state index is 0. The molecule has 1 aliphatic rings. The van der Waals surface area contributed by atoms with Crippen LogP contribution in [0.2, 0.25) is 10.0 Å². The average Bonchev–Trinajstić information content (AvgIpc) is 2.40. The molecule has 1 saturated heterocycles. The SMILES string of the molecule is CCC[C@@H](c1cc(Cl)ccc1Cl)N1CCNCC1.Cl.Cl. The number of nitrogens with zero attached hydrogens (tertiary/aromatic N) is 1. The molecule has 20 heavy (non-hydrogen) atoms. The molecular formula is C14H22Cl4N2. The van der Waals surface area contributed by atoms with Crippen molar-refractivity contribution >= 4 is 48.0 Å². The molecule has 1 aliphatic heterocycles. The third-order valence-corrected chi connectivity index (χ3v) is 4.05. The van der Waals surface area contributed by atoms with Crippen LogP contribution in [0.1, 0.15) is 31.4 Å². The molecule has 2 nitrogen and oxygen atoms in total. The fourth-order valence-electron chi connectivity index (χ4n) is 2.57. The van der Waals surface area contributed by atoms with Gasteiger partial charge in [-0.2, -0.15) is 0 Å². The molecule has 0 bridgehead atoms. The third kappa shape index (κ3) is 5.25. The standard InChI is InChI=1S/C14H20Cl2N2.2ClH/c1-2-3-14(18-8-6-17-7-9-18)12-10-11(15)4-5-13(12)16;;/h4-5,10,14,17H,2-3,6-9H2,1H3;2*1H/t14-;;/m0../s1. The summed E-state index contributed by atoms with van der Waals surface area (Å²) in [4.78, 5) is 2.51. The smallest absolute Gasteiger partial charge is 0.0454 e. The van der Waals surface area contributed by atoms with Gasteiger partial charge in [-0.25, -0.2) is 0 Å². The summed E-state index contributed by atoms with van der Waals surface area (Å²) in [6.45, 7) is 6.48. The van der Waals surface area contributed by atoms with E-state index < -0.39 is 0 Å². The first kappa shape index (κ1) is 20.3. The van der Waals surface area contributed by atoms with Gasteiger partial charge in [0.25, 0.3) is 0 Å². The van der Waals surface area contributed by atoms with Crippen molar-refractivity contribution in [2.45, 2.75) is 25.8 Å². The molecule has 1 heterocycles. The van der Waals surface area contributed by atoms with E-state index in [-0.39, 0.29) is 24.8 Å². The lowest BCUT2D eigenvalue weighted by molar-refractivity contribution is 0.164. The first-order chi connectivity index (χ1) is 8.72. The van der Waals surface area contributed by atoms with E-state index in [4.69, 9.17) is 23.2 Å². The number of benzene rings is 1. The minimum atomic E-state index is 0. The van der Waals surface area contributed by atoms with Gasteiger partial charge in [-0.3, -0.25) is 4.90 Å². The lowest BCUT2D eigenvalue weighted by atomic mass is 10.00. The third-order valence-electron chi connectivity index (χ3n) is 3.47. The van der Waals surface area contributed by atoms with E-state index in [0.29, 0.717) is 6.04 Å². The van der Waals surface area contributed by atoms with Gasteiger partial charge in [-0.05, 0) is 30.2 Å². The Morgan fingerprint density at radius 1 is 1.20 bits per heavy atom. The van der Waals surface area contributed by atoms with Crippen LogP contribution in [0.4, 0.5) is 0 Å². The lowest BCUT2D eigenvalue weighted by Gasteiger charge is -2.35. The highest BCUT2D eigenvalue weighted by molar-refractivity contribution is 6.33. The van der Waals surface area contributed by atoms with Crippen molar-refractivity contribution in [2.75, 3.05) is 26.2 Å². The molecule has 0 unspecified atom stereocenters. The van der Waals surface area contributed by atoms with E-state index >= 15 is 0 Å². The maximum Gasteiger partial charge on any atom is 0.0454 e. The normalized spacial score (nSPS) is 16.9. The summed E-state index contributed by atoms with van der Waals surface area (Å²) in [5.41, 5.74) is 1.17. The largest absolute Gasteiger partial charge is 0.314 e. The number of hydrogen-bond donors (Lipinski definition) is 1. The van der Waals surface area contributed by atoms with Gasteiger partial charge in [0.15, 0.2) is 0 Å². The fourth-order valence-corrected chi connectivity index (χ4v) is 3.00. The quantitative estimate of drug-likeness (QED) is 0.846. The van der Waals surface area contributed by atoms with Gasteiger partial charge in [0.05, 0.1) is 0 Å². The van der Waals surface area contributed by atoms with E-state index in [9.17, 15) is 0 Å². The summed E-state index contributed by atoms with van der Waals surface area (Å²) >= 11 is 12.5. The maximum atomic E-state index is 6.34. The van der Waals surface area contributed by atoms with E-state index in [2.05, 4.69) is 17.1 Å². The molecule has 0 spiro atoms. The fraction of sp³-hybridized carbons (Fsp3) is 0.571. The van der Waals surface area contributed by atoms with Crippen LogP contribution in [0.3, 0.4) is 0 Å². The van der Waals surface area contributed by atoms with Gasteiger partial charge >= 0.3 is 0 Å². The number of rotatable bonds is 4. The van der Waals surface area contributed by atoms with Crippen LogP contribution in [0.5, 0.6) is 0 Å². The molecule has 0 aliphatic carbocycles. The number of halogens is 4. The van der Waals surface area contributed by atoms with E-state index in [1.165, 1.54) is 5.56 Å². The topological polar surface area (TPSA) is 15.3 Å². The van der Waals surface area contributed by atoms with Gasteiger partial charge < -0.3 is 5.32 Å². The van der Waals surface area contributed by atoms with Crippen LogP contribution in [0.15, 0.2) is 18.2 Å². The molecule has 1 atom stereocenters. The molecule has 1 N–H and O–H groups in total. The minimum Gasteiger partial charge on any atom is -0.314 e. The van der Waals surface area contributed by atoms with Crippen molar-refractivity contribution in [1.82, 2.24) is 10.2 Å². The van der Waals surface area contributed by atoms with Gasteiger partial charge in [0.1, 0.15) is 0 Å². The predicted molar refractivity (Wildman–Crippen MR) is 93.0 cm³/mol. The summed E-state index contributed by atoms with van der Waals surface area (Å²) in [5, 5.41) is 4.99. The molecule has 116 valence electrons. The summed E-state index contributed by atoms with van der Waals surface area (Å²) in [5.74, 6) is 0. The Balaban J connectivity index is 0.00000180. The molecular weight excluding hydrogens is 338 g/mol. The second-order valence-corrected chi connectivity index (χ2v) is 5.60. The van der Waals surface area contributed by atoms with E-state index in [1.54, 1.807) is 0 Å². The second-order valence-electron chi connectivity index (χ2n) is 4.76. The first-order valence-corrected chi connectivity index (χ1v) is 7.37. The zero-order chi connectivity index (χ0) is 13.0. The zero-order valence-electron chi connectivity index (χ0n) is 11.6. The molecule has 6 heteroatoms. The lowest BCUT2D eigenvalue weighted by Crippen LogP contribution is -2.45. The van der Waals surface area contributed by atoms with Gasteiger partial charge in [0.2, 0.25) is 0 Å². The zero-order valence-corrected chi connectivity index (χ0v) is 14.7. The molecule has 2 rings (SSSR count). The molecule has 0 radical (unpaired) electrons.